The van der Waals surface area contributed by atoms with E-state index < -0.39 is 0 Å². The Kier molecular flexibility index (Phi) is 5.89. The van der Waals surface area contributed by atoms with Crippen LogP contribution in [-0.2, 0) is 4.79 Å². The average molecular weight is 368 g/mol. The second-order valence-corrected chi connectivity index (χ2v) is 7.18. The van der Waals surface area contributed by atoms with Crippen molar-refractivity contribution in [1.82, 2.24) is 4.90 Å². The topological polar surface area (TPSA) is 53.0 Å². The summed E-state index contributed by atoms with van der Waals surface area (Å²) in [6.45, 7) is 9.98. The molecule has 27 heavy (non-hydrogen) atoms. The molecule has 1 fully saturated rings. The summed E-state index contributed by atoms with van der Waals surface area (Å²) in [4.78, 5) is 16.7. The first-order chi connectivity index (χ1) is 12.9. The summed E-state index contributed by atoms with van der Waals surface area (Å²) in [7, 11) is 0. The number of rotatable bonds is 5. The van der Waals surface area contributed by atoms with E-state index >= 15 is 0 Å². The van der Waals surface area contributed by atoms with Crippen LogP contribution in [0, 0.1) is 20.8 Å². The molecule has 5 heteroatoms. The molecule has 0 atom stereocenters. The molecule has 0 aliphatic carbocycles. The summed E-state index contributed by atoms with van der Waals surface area (Å²) in [5, 5.41) is 9.27. The van der Waals surface area contributed by atoms with E-state index in [9.17, 15) is 9.90 Å². The Morgan fingerprint density at radius 1 is 0.963 bits per heavy atom. The van der Waals surface area contributed by atoms with Gasteiger partial charge in [-0.25, -0.2) is 0 Å². The maximum Gasteiger partial charge on any atom is 0.226 e. The zero-order valence-corrected chi connectivity index (χ0v) is 16.4. The number of hydrogen-bond donors (Lipinski definition) is 1. The van der Waals surface area contributed by atoms with E-state index in [4.69, 9.17) is 4.74 Å². The van der Waals surface area contributed by atoms with Crippen LogP contribution >= 0.6 is 0 Å². The largest absolute Gasteiger partial charge is 0.508 e. The highest BCUT2D eigenvalue weighted by Crippen LogP contribution is 2.25. The molecule has 1 N–H and O–H groups in total. The first-order valence-corrected chi connectivity index (χ1v) is 9.46. The van der Waals surface area contributed by atoms with E-state index in [1.165, 1.54) is 22.4 Å². The number of piperazine rings is 1. The van der Waals surface area contributed by atoms with Gasteiger partial charge < -0.3 is 19.6 Å². The number of benzene rings is 2. The smallest absolute Gasteiger partial charge is 0.226 e. The van der Waals surface area contributed by atoms with E-state index in [1.54, 1.807) is 24.3 Å². The van der Waals surface area contributed by atoms with Gasteiger partial charge in [-0.1, -0.05) is 6.07 Å². The predicted octanol–water partition coefficient (Wildman–Crippen LogP) is 3.44. The van der Waals surface area contributed by atoms with E-state index in [1.807, 2.05) is 4.90 Å². The highest BCUT2D eigenvalue weighted by molar-refractivity contribution is 5.76. The molecule has 0 radical (unpaired) electrons. The maximum atomic E-state index is 12.4. The SMILES string of the molecule is Cc1cc(C)c(N2CCN(C(=O)CCOc3ccc(O)cc3)CC2)cc1C. The minimum atomic E-state index is 0.130. The average Bonchev–Trinajstić information content (AvgIpc) is 2.66. The molecule has 1 saturated heterocycles. The lowest BCUT2D eigenvalue weighted by Gasteiger charge is -2.37. The van der Waals surface area contributed by atoms with Crippen LogP contribution in [0.5, 0.6) is 11.5 Å². The number of carbonyl (C=O) groups is 1. The molecule has 2 aromatic carbocycles. The van der Waals surface area contributed by atoms with Crippen LogP contribution in [0.15, 0.2) is 36.4 Å². The van der Waals surface area contributed by atoms with Crippen molar-refractivity contribution >= 4 is 11.6 Å². The third-order valence-electron chi connectivity index (χ3n) is 5.21. The Morgan fingerprint density at radius 3 is 2.26 bits per heavy atom. The quantitative estimate of drug-likeness (QED) is 0.878. The van der Waals surface area contributed by atoms with Crippen molar-refractivity contribution in [2.45, 2.75) is 27.2 Å². The van der Waals surface area contributed by atoms with Crippen LogP contribution in [0.2, 0.25) is 0 Å². The number of aromatic hydroxyl groups is 1. The Bertz CT molecular complexity index is 794. The Balaban J connectivity index is 1.48. The second-order valence-electron chi connectivity index (χ2n) is 7.18. The van der Waals surface area contributed by atoms with Crippen molar-refractivity contribution in [1.29, 1.82) is 0 Å². The van der Waals surface area contributed by atoms with Gasteiger partial charge in [0, 0.05) is 31.9 Å². The molecule has 1 amide bonds. The third-order valence-corrected chi connectivity index (χ3v) is 5.21. The monoisotopic (exact) mass is 368 g/mol. The fraction of sp³-hybridized carbons (Fsp3) is 0.409. The first kappa shape index (κ1) is 19.1. The number of phenolic OH excluding ortho intramolecular Hbond substituents is 1. The molecule has 144 valence electrons. The molecule has 1 heterocycles. The molecular formula is C22H28N2O3. The predicted molar refractivity (Wildman–Crippen MR) is 108 cm³/mol. The van der Waals surface area contributed by atoms with E-state index in [-0.39, 0.29) is 11.7 Å². The summed E-state index contributed by atoms with van der Waals surface area (Å²) in [5.41, 5.74) is 5.19. The molecule has 0 saturated carbocycles. The van der Waals surface area contributed by atoms with Gasteiger partial charge in [0.25, 0.3) is 0 Å². The summed E-state index contributed by atoms with van der Waals surface area (Å²) < 4.78 is 5.58. The molecule has 3 rings (SSSR count). The minimum absolute atomic E-state index is 0.130. The van der Waals surface area contributed by atoms with Crippen LogP contribution in [0.25, 0.3) is 0 Å². The number of anilines is 1. The van der Waals surface area contributed by atoms with Gasteiger partial charge in [0.2, 0.25) is 5.91 Å². The number of carbonyl (C=O) groups excluding carboxylic acids is 1. The molecule has 1 aliphatic rings. The van der Waals surface area contributed by atoms with Gasteiger partial charge in [-0.05, 0) is 67.8 Å². The van der Waals surface area contributed by atoms with Gasteiger partial charge in [0.05, 0.1) is 13.0 Å². The number of aryl methyl sites for hydroxylation is 3. The summed E-state index contributed by atoms with van der Waals surface area (Å²) in [5.74, 6) is 0.996. The zero-order valence-electron chi connectivity index (χ0n) is 16.4. The van der Waals surface area contributed by atoms with Gasteiger partial charge in [-0.15, -0.1) is 0 Å². The molecule has 0 bridgehead atoms. The summed E-state index contributed by atoms with van der Waals surface area (Å²) in [6, 6.07) is 11.0. The summed E-state index contributed by atoms with van der Waals surface area (Å²) in [6.07, 6.45) is 0.365. The number of amides is 1. The summed E-state index contributed by atoms with van der Waals surface area (Å²) >= 11 is 0. The van der Waals surface area contributed by atoms with Crippen molar-refractivity contribution in [2.24, 2.45) is 0 Å². The number of phenols is 1. The first-order valence-electron chi connectivity index (χ1n) is 9.46. The van der Waals surface area contributed by atoms with E-state index in [2.05, 4.69) is 37.8 Å². The number of ether oxygens (including phenoxy) is 1. The lowest BCUT2D eigenvalue weighted by Crippen LogP contribution is -2.49. The third kappa shape index (κ3) is 4.73. The van der Waals surface area contributed by atoms with Crippen LogP contribution in [0.3, 0.4) is 0 Å². The van der Waals surface area contributed by atoms with Gasteiger partial charge in [0.1, 0.15) is 11.5 Å². The highest BCUT2D eigenvalue weighted by atomic mass is 16.5. The zero-order chi connectivity index (χ0) is 19.4. The minimum Gasteiger partial charge on any atom is -0.508 e. The fourth-order valence-corrected chi connectivity index (χ4v) is 3.44. The molecule has 0 spiro atoms. The van der Waals surface area contributed by atoms with Crippen LogP contribution in [-0.4, -0.2) is 48.7 Å². The Labute approximate surface area is 161 Å². The van der Waals surface area contributed by atoms with Crippen molar-refractivity contribution in [3.63, 3.8) is 0 Å². The molecule has 1 aliphatic heterocycles. The second kappa shape index (κ2) is 8.33. The fourth-order valence-electron chi connectivity index (χ4n) is 3.44. The molecular weight excluding hydrogens is 340 g/mol. The van der Waals surface area contributed by atoms with Gasteiger partial charge in [-0.3, -0.25) is 4.79 Å². The normalized spacial score (nSPS) is 14.3. The van der Waals surface area contributed by atoms with Gasteiger partial charge >= 0.3 is 0 Å². The standard InChI is InChI=1S/C22H28N2O3/c1-16-14-18(3)21(15-17(16)2)23-9-11-24(12-10-23)22(26)8-13-27-20-6-4-19(25)5-7-20/h4-7,14-15,25H,8-13H2,1-3H3. The Morgan fingerprint density at radius 2 is 1.59 bits per heavy atom. The van der Waals surface area contributed by atoms with Crippen LogP contribution in [0.4, 0.5) is 5.69 Å². The molecule has 0 unspecified atom stereocenters. The lowest BCUT2D eigenvalue weighted by molar-refractivity contribution is -0.132. The molecule has 2 aromatic rings. The number of hydrogen-bond acceptors (Lipinski definition) is 4. The van der Waals surface area contributed by atoms with Crippen molar-refractivity contribution < 1.29 is 14.6 Å². The van der Waals surface area contributed by atoms with Gasteiger partial charge in [0.15, 0.2) is 0 Å². The van der Waals surface area contributed by atoms with Crippen LogP contribution in [0.1, 0.15) is 23.1 Å². The molecule has 0 aromatic heterocycles. The Hall–Kier alpha value is -2.69. The highest BCUT2D eigenvalue weighted by Gasteiger charge is 2.22. The van der Waals surface area contributed by atoms with Crippen molar-refractivity contribution in [3.05, 3.63) is 53.1 Å². The van der Waals surface area contributed by atoms with E-state index in [0.717, 1.165) is 26.2 Å². The van der Waals surface area contributed by atoms with Crippen molar-refractivity contribution in [2.75, 3.05) is 37.7 Å². The van der Waals surface area contributed by atoms with Gasteiger partial charge in [-0.2, -0.15) is 0 Å². The number of nitrogens with zero attached hydrogens (tertiary/aromatic N) is 2. The lowest BCUT2D eigenvalue weighted by atomic mass is 10.0. The molecule has 5 nitrogen and oxygen atoms in total. The van der Waals surface area contributed by atoms with Crippen molar-refractivity contribution in [3.8, 4) is 11.5 Å². The van der Waals surface area contributed by atoms with E-state index in [0.29, 0.717) is 18.8 Å². The maximum absolute atomic E-state index is 12.4. The van der Waals surface area contributed by atoms with Crippen LogP contribution < -0.4 is 9.64 Å².